The van der Waals surface area contributed by atoms with Gasteiger partial charge in [-0.25, -0.2) is 4.39 Å². The van der Waals surface area contributed by atoms with E-state index in [-0.39, 0.29) is 10.3 Å². The number of hydrogen-bond acceptors (Lipinski definition) is 3. The van der Waals surface area contributed by atoms with Crippen molar-refractivity contribution in [3.8, 4) is 0 Å². The highest BCUT2D eigenvalue weighted by Gasteiger charge is 2.16. The smallest absolute Gasteiger partial charge is 0.171 e. The molecule has 6 heteroatoms. The lowest BCUT2D eigenvalue weighted by Gasteiger charge is -2.21. The number of nitrogens with zero attached hydrogens (tertiary/aromatic N) is 2. The zero-order chi connectivity index (χ0) is 14.4. The first-order valence-electron chi connectivity index (χ1n) is 6.20. The van der Waals surface area contributed by atoms with Gasteiger partial charge in [0.2, 0.25) is 0 Å². The summed E-state index contributed by atoms with van der Waals surface area (Å²) in [4.78, 5) is 1.87. The number of amidine groups is 1. The zero-order valence-electron chi connectivity index (χ0n) is 11.2. The number of oxime groups is 1. The first-order chi connectivity index (χ1) is 9.02. The van der Waals surface area contributed by atoms with Gasteiger partial charge in [-0.05, 0) is 34.5 Å². The first kappa shape index (κ1) is 15.8. The molecule has 3 N–H and O–H groups in total. The fraction of sp³-hybridized carbons (Fsp3) is 0.462. The number of nitrogens with two attached hydrogens (primary N) is 1. The third-order valence-electron chi connectivity index (χ3n) is 2.95. The molecule has 0 saturated carbocycles. The third-order valence-corrected chi connectivity index (χ3v) is 3.73. The fourth-order valence-corrected chi connectivity index (χ4v) is 2.34. The molecule has 0 heterocycles. The van der Waals surface area contributed by atoms with Gasteiger partial charge in [0.15, 0.2) is 11.7 Å². The van der Waals surface area contributed by atoms with Crippen molar-refractivity contribution in [2.24, 2.45) is 10.9 Å². The van der Waals surface area contributed by atoms with Crippen LogP contribution in [0.4, 0.5) is 10.1 Å². The van der Waals surface area contributed by atoms with Crippen molar-refractivity contribution in [3.05, 3.63) is 28.0 Å². The monoisotopic (exact) mass is 331 g/mol. The molecule has 4 nitrogen and oxygen atoms in total. The van der Waals surface area contributed by atoms with Crippen LogP contribution in [0.15, 0.2) is 21.8 Å². The summed E-state index contributed by atoms with van der Waals surface area (Å²) in [6.07, 6.45) is 3.27. The molecule has 1 rings (SSSR count). The molecule has 0 aliphatic carbocycles. The zero-order valence-corrected chi connectivity index (χ0v) is 12.7. The molecule has 0 fully saturated rings. The molecule has 0 atom stereocenters. The van der Waals surface area contributed by atoms with Gasteiger partial charge in [-0.3, -0.25) is 0 Å². The third kappa shape index (κ3) is 3.83. The van der Waals surface area contributed by atoms with Crippen molar-refractivity contribution in [2.45, 2.75) is 26.2 Å². The summed E-state index contributed by atoms with van der Waals surface area (Å²) in [6, 6.07) is 3.27. The highest BCUT2D eigenvalue weighted by Crippen LogP contribution is 2.29. The van der Waals surface area contributed by atoms with Crippen molar-refractivity contribution < 1.29 is 9.60 Å². The van der Waals surface area contributed by atoms with Gasteiger partial charge >= 0.3 is 0 Å². The van der Waals surface area contributed by atoms with Crippen LogP contribution in [-0.4, -0.2) is 24.6 Å². The predicted octanol–water partition coefficient (Wildman–Crippen LogP) is 3.31. The van der Waals surface area contributed by atoms with Crippen molar-refractivity contribution in [3.63, 3.8) is 0 Å². The highest BCUT2D eigenvalue weighted by atomic mass is 79.9. The number of halogens is 2. The van der Waals surface area contributed by atoms with E-state index in [4.69, 9.17) is 10.9 Å². The molecule has 0 aromatic heterocycles. The molecule has 1 aromatic rings. The molecule has 106 valence electrons. The normalized spacial score (nSPS) is 11.7. The van der Waals surface area contributed by atoms with E-state index in [2.05, 4.69) is 28.0 Å². The molecule has 0 radical (unpaired) electrons. The molecule has 0 aliphatic heterocycles. The minimum atomic E-state index is -0.400. The Morgan fingerprint density at radius 1 is 1.47 bits per heavy atom. The van der Waals surface area contributed by atoms with Crippen LogP contribution in [-0.2, 0) is 0 Å². The van der Waals surface area contributed by atoms with Crippen molar-refractivity contribution in [1.82, 2.24) is 0 Å². The van der Waals surface area contributed by atoms with Crippen LogP contribution in [0.5, 0.6) is 0 Å². The number of rotatable bonds is 6. The largest absolute Gasteiger partial charge is 0.409 e. The van der Waals surface area contributed by atoms with Crippen molar-refractivity contribution >= 4 is 27.5 Å². The standard InChI is InChI=1S/C13H19BrFN3O/c1-3-4-5-8-18(2)10-7-6-9(13(16)17-19)11(14)12(10)15/h6-7,19H,3-5,8H2,1-2H3,(H2,16,17). The molecule has 0 aliphatic rings. The summed E-state index contributed by atoms with van der Waals surface area (Å²) >= 11 is 3.15. The van der Waals surface area contributed by atoms with Crippen LogP contribution < -0.4 is 10.6 Å². The second-order valence-corrected chi connectivity index (χ2v) is 5.17. The molecular formula is C13H19BrFN3O. The van der Waals surface area contributed by atoms with Crippen LogP contribution in [0, 0.1) is 5.82 Å². The van der Waals surface area contributed by atoms with E-state index in [0.29, 0.717) is 11.3 Å². The van der Waals surface area contributed by atoms with Crippen LogP contribution in [0.25, 0.3) is 0 Å². The lowest BCUT2D eigenvalue weighted by molar-refractivity contribution is 0.318. The molecule has 0 bridgehead atoms. The van der Waals surface area contributed by atoms with Crippen molar-refractivity contribution in [1.29, 1.82) is 0 Å². The summed E-state index contributed by atoms with van der Waals surface area (Å²) in [5.41, 5.74) is 6.31. The molecule has 0 amide bonds. The van der Waals surface area contributed by atoms with E-state index < -0.39 is 5.82 Å². The van der Waals surface area contributed by atoms with Crippen LogP contribution in [0.3, 0.4) is 0 Å². The summed E-state index contributed by atoms with van der Waals surface area (Å²) in [7, 11) is 1.85. The van der Waals surface area contributed by atoms with Gasteiger partial charge in [0.1, 0.15) is 0 Å². The molecule has 0 unspecified atom stereocenters. The highest BCUT2D eigenvalue weighted by molar-refractivity contribution is 9.10. The van der Waals surface area contributed by atoms with E-state index in [1.165, 1.54) is 0 Å². The van der Waals surface area contributed by atoms with Gasteiger partial charge in [0, 0.05) is 19.2 Å². The second-order valence-electron chi connectivity index (χ2n) is 4.37. The van der Waals surface area contributed by atoms with Crippen LogP contribution in [0.2, 0.25) is 0 Å². The van der Waals surface area contributed by atoms with Crippen molar-refractivity contribution in [2.75, 3.05) is 18.5 Å². The Labute approximate surface area is 121 Å². The van der Waals surface area contributed by atoms with Gasteiger partial charge in [0.05, 0.1) is 10.2 Å². The lowest BCUT2D eigenvalue weighted by Crippen LogP contribution is -2.21. The Morgan fingerprint density at radius 3 is 2.74 bits per heavy atom. The Balaban J connectivity index is 2.96. The van der Waals surface area contributed by atoms with Gasteiger partial charge in [-0.1, -0.05) is 24.9 Å². The van der Waals surface area contributed by atoms with Crippen LogP contribution in [0.1, 0.15) is 31.7 Å². The van der Waals surface area contributed by atoms with Gasteiger partial charge in [-0.15, -0.1) is 0 Å². The number of anilines is 1. The average molecular weight is 332 g/mol. The number of hydrogen-bond donors (Lipinski definition) is 2. The van der Waals surface area contributed by atoms with Gasteiger partial charge < -0.3 is 15.8 Å². The first-order valence-corrected chi connectivity index (χ1v) is 6.99. The molecule has 0 saturated heterocycles. The van der Waals surface area contributed by atoms with Gasteiger partial charge in [0.25, 0.3) is 0 Å². The van der Waals surface area contributed by atoms with Gasteiger partial charge in [-0.2, -0.15) is 0 Å². The van der Waals surface area contributed by atoms with Crippen LogP contribution >= 0.6 is 15.9 Å². The summed E-state index contributed by atoms with van der Waals surface area (Å²) in [6.45, 7) is 2.92. The molecule has 19 heavy (non-hydrogen) atoms. The van der Waals surface area contributed by atoms with E-state index in [9.17, 15) is 4.39 Å². The minimum absolute atomic E-state index is 0.119. The average Bonchev–Trinajstić information content (AvgIpc) is 2.41. The number of unbranched alkanes of at least 4 members (excludes halogenated alkanes) is 2. The quantitative estimate of drug-likeness (QED) is 0.276. The Bertz CT molecular complexity index is 465. The predicted molar refractivity (Wildman–Crippen MR) is 79.4 cm³/mol. The maximum Gasteiger partial charge on any atom is 0.171 e. The number of benzene rings is 1. The summed E-state index contributed by atoms with van der Waals surface area (Å²) in [5.74, 6) is -0.519. The SMILES string of the molecule is CCCCCN(C)c1ccc(/C(N)=N/O)c(Br)c1F. The van der Waals surface area contributed by atoms with E-state index >= 15 is 0 Å². The maximum atomic E-state index is 14.2. The second kappa shape index (κ2) is 7.33. The molecule has 1 aromatic carbocycles. The Morgan fingerprint density at radius 2 is 2.16 bits per heavy atom. The van der Waals surface area contributed by atoms with E-state index in [0.717, 1.165) is 25.8 Å². The molecular weight excluding hydrogens is 313 g/mol. The maximum absolute atomic E-state index is 14.2. The Hall–Kier alpha value is -1.30. The molecule has 0 spiro atoms. The van der Waals surface area contributed by atoms with E-state index in [1.807, 2.05) is 11.9 Å². The fourth-order valence-electron chi connectivity index (χ4n) is 1.81. The topological polar surface area (TPSA) is 61.8 Å². The Kier molecular flexibility index (Phi) is 6.08. The summed E-state index contributed by atoms with van der Waals surface area (Å²) < 4.78 is 14.4. The minimum Gasteiger partial charge on any atom is -0.409 e. The van der Waals surface area contributed by atoms with E-state index in [1.54, 1.807) is 12.1 Å². The lowest BCUT2D eigenvalue weighted by atomic mass is 10.1. The summed E-state index contributed by atoms with van der Waals surface area (Å²) in [5, 5.41) is 11.5.